The van der Waals surface area contributed by atoms with Gasteiger partial charge in [-0.3, -0.25) is 0 Å². The number of nitrogens with one attached hydrogen (secondary N) is 4. The molecule has 0 heterocycles. The first-order valence-corrected chi connectivity index (χ1v) is 27.1. The minimum absolute atomic E-state index is 0. The van der Waals surface area contributed by atoms with Crippen molar-refractivity contribution in [1.29, 1.82) is 0 Å². The van der Waals surface area contributed by atoms with Gasteiger partial charge in [0, 0.05) is 0 Å². The Balaban J connectivity index is 0. The summed E-state index contributed by atoms with van der Waals surface area (Å²) in [6, 6.07) is 23.1. The molecule has 0 spiro atoms. The van der Waals surface area contributed by atoms with Crippen LogP contribution in [-0.2, 0) is 15.0 Å². The Labute approximate surface area is 400 Å². The summed E-state index contributed by atoms with van der Waals surface area (Å²) in [5.41, 5.74) is 2.81. The van der Waals surface area contributed by atoms with Crippen LogP contribution in [0.4, 0.5) is 22.7 Å². The van der Waals surface area contributed by atoms with Crippen LogP contribution < -0.4 is 173 Å². The van der Waals surface area contributed by atoms with E-state index in [1.807, 2.05) is 0 Å². The average Bonchev–Trinajstić information content (AvgIpc) is 3.01. The molecule has 0 fully saturated rings. The van der Waals surface area contributed by atoms with Crippen LogP contribution >= 0.6 is 0 Å². The van der Waals surface area contributed by atoms with Crippen LogP contribution in [0.25, 0.3) is 0 Å². The summed E-state index contributed by atoms with van der Waals surface area (Å²) < 4.78 is 124. The van der Waals surface area contributed by atoms with Gasteiger partial charge in [0.2, 0.25) is 0 Å². The Kier molecular flexibility index (Phi) is 27.1. The molecule has 52 heavy (non-hydrogen) atoms. The predicted molar refractivity (Wildman–Crippen MR) is 173 cm³/mol. The number of anilines is 4. The smallest absolute Gasteiger partial charge is 1.00 e. The number of rotatable bonds is 14. The maximum Gasteiger partial charge on any atom is 1.00 e. The largest absolute Gasteiger partial charge is 1.00 e. The van der Waals surface area contributed by atoms with E-state index in [-0.39, 0.29) is 136 Å². The first kappa shape index (κ1) is 55.3. The number of benzene rings is 4. The molecule has 4 atom stereocenters. The van der Waals surface area contributed by atoms with Crippen LogP contribution in [-0.4, -0.2) is 99.3 Å². The molecule has 0 aliphatic rings. The van der Waals surface area contributed by atoms with Crippen LogP contribution in [0.3, 0.4) is 0 Å². The summed E-state index contributed by atoms with van der Waals surface area (Å²) in [5, 5.41) is 12.3. The van der Waals surface area contributed by atoms with Gasteiger partial charge in [-0.25, -0.2) is 0 Å². The first-order chi connectivity index (χ1) is 22.3. The second-order valence-corrected chi connectivity index (χ2v) is 23.0. The Morgan fingerprint density at radius 2 is 0.481 bits per heavy atom. The van der Waals surface area contributed by atoms with Crippen molar-refractivity contribution in [2.24, 2.45) is 0 Å². The van der Waals surface area contributed by atoms with Gasteiger partial charge in [-0.2, -0.15) is 0 Å². The van der Waals surface area contributed by atoms with E-state index in [2.05, 4.69) is 21.3 Å². The molecule has 8 N–H and O–H groups in total. The Hall–Kier alpha value is 1.19. The van der Waals surface area contributed by atoms with Crippen LogP contribution in [0.5, 0.6) is 0 Å². The van der Waals surface area contributed by atoms with E-state index in [1.54, 1.807) is 48.5 Å². The Morgan fingerprint density at radius 1 is 0.346 bits per heavy atom. The normalized spacial score (nSPS) is 14.8. The first-order valence-electron chi connectivity index (χ1n) is 13.9. The summed E-state index contributed by atoms with van der Waals surface area (Å²) in [5.74, 6) is 0. The van der Waals surface area contributed by atoms with Gasteiger partial charge in [-0.05, 0) is 0 Å². The third kappa shape index (κ3) is 20.6. The second-order valence-electron chi connectivity index (χ2n) is 9.98. The van der Waals surface area contributed by atoms with Gasteiger partial charge in [0.25, 0.3) is 0 Å². The third-order valence-corrected chi connectivity index (χ3v) is 14.3. The van der Waals surface area contributed by atoms with Gasteiger partial charge in [-0.15, -0.1) is 0 Å². The molecule has 4 unspecified atom stereocenters. The fraction of sp³-hybridized carbons (Fsp3) is 0.143. The van der Waals surface area contributed by atoms with Crippen molar-refractivity contribution >= 4 is 96.8 Å². The van der Waals surface area contributed by atoms with Crippen molar-refractivity contribution in [3.05, 3.63) is 97.1 Å². The molecular formula is C28H32As4N4Na4O12. The summed E-state index contributed by atoms with van der Waals surface area (Å²) >= 11 is -20.4. The molecule has 0 saturated heterocycles. The fourth-order valence-electron chi connectivity index (χ4n) is 3.90. The number of hydrogen-bond acceptors (Lipinski definition) is 12. The molecule has 24 heteroatoms. The molecule has 0 amide bonds. The summed E-state index contributed by atoms with van der Waals surface area (Å²) in [7, 11) is 0. The zero-order valence-corrected chi connectivity index (χ0v) is 44.4. The van der Waals surface area contributed by atoms with Crippen LogP contribution in [0.15, 0.2) is 97.1 Å². The third-order valence-electron chi connectivity index (χ3n) is 6.34. The maximum absolute atomic E-state index is 11.0. The molecule has 260 valence electrons. The monoisotopic (exact) mass is 1010 g/mol. The Bertz CT molecular complexity index is 1550. The minimum atomic E-state index is -5.09. The van der Waals surface area contributed by atoms with Crippen molar-refractivity contribution in [1.82, 2.24) is 0 Å². The van der Waals surface area contributed by atoms with Gasteiger partial charge in [0.15, 0.2) is 0 Å². The summed E-state index contributed by atoms with van der Waals surface area (Å²) in [6.07, 6.45) is 0. The van der Waals surface area contributed by atoms with Crippen molar-refractivity contribution in [2.45, 2.75) is 0 Å². The molecule has 4 aromatic rings. The van der Waals surface area contributed by atoms with Gasteiger partial charge < -0.3 is 0 Å². The molecule has 4 rings (SSSR count). The molecule has 0 aromatic heterocycles. The molecule has 4 aromatic carbocycles. The summed E-state index contributed by atoms with van der Waals surface area (Å²) in [4.78, 5) is 0. The molecule has 0 aliphatic carbocycles. The second kappa shape index (κ2) is 25.5. The molecule has 0 aliphatic heterocycles. The zero-order valence-electron chi connectivity index (χ0n) is 28.9. The van der Waals surface area contributed by atoms with E-state index in [1.165, 1.54) is 48.5 Å². The van der Waals surface area contributed by atoms with E-state index in [0.29, 0.717) is 48.9 Å². The van der Waals surface area contributed by atoms with Crippen molar-refractivity contribution in [3.8, 4) is 0 Å². The van der Waals surface area contributed by atoms with Crippen LogP contribution in [0.2, 0.25) is 0 Å². The maximum atomic E-state index is 11.0. The molecule has 16 nitrogen and oxygen atoms in total. The van der Waals surface area contributed by atoms with Gasteiger partial charge in [0.1, 0.15) is 0 Å². The quantitative estimate of drug-likeness (QED) is 0.0430. The average molecular weight is 1010 g/mol. The van der Waals surface area contributed by atoms with E-state index in [0.717, 1.165) is 0 Å². The van der Waals surface area contributed by atoms with Crippen LogP contribution in [0.1, 0.15) is 0 Å². The van der Waals surface area contributed by atoms with E-state index >= 15 is 0 Å². The minimum Gasteiger partial charge on any atom is 1.00 e. The zero-order chi connectivity index (χ0) is 35.6. The molecular weight excluding hydrogens is 976 g/mol. The topological polar surface area (TPSA) is 290 Å². The standard InChI is InChI=1S/2C14H18As2N2O6.4Na/c2*19-15(20,21)11-1-5-13(6-2-11)17-9-10-18-14-7-3-12(4-8-14)16(22,23)24;;;;/h2*1-8,17-18H,9-10H2,(H2,19,20,21)(H2,22,23,24);;;;/q;;4*+1/p-4. The predicted octanol–water partition coefficient (Wildman–Crippen LogP) is -17.8. The van der Waals surface area contributed by atoms with Crippen molar-refractivity contribution < 1.29 is 166 Å². The van der Waals surface area contributed by atoms with E-state index in [4.69, 9.17) is 16.4 Å². The van der Waals surface area contributed by atoms with Crippen LogP contribution in [0, 0.1) is 0 Å². The molecule has 0 bridgehead atoms. The van der Waals surface area contributed by atoms with E-state index in [9.17, 15) is 31.3 Å². The van der Waals surface area contributed by atoms with Gasteiger partial charge >= 0.3 is 407 Å². The van der Waals surface area contributed by atoms with Crippen molar-refractivity contribution in [3.63, 3.8) is 0 Å². The molecule has 0 saturated carbocycles. The van der Waals surface area contributed by atoms with Gasteiger partial charge in [0.05, 0.1) is 0 Å². The SMILES string of the molecule is O=[As]([O-])(O)c1ccc(NCCNc2ccc([As](=O)([O-])O)cc2)cc1.O=[As]([O-])(O)c1ccc(NCCNc2ccc([As](=O)([O-])O)cc2)cc1.[Na+].[Na+].[Na+].[Na+]. The fourth-order valence-corrected chi connectivity index (χ4v) is 8.31. The molecule has 0 radical (unpaired) electrons. The Morgan fingerprint density at radius 3 is 0.596 bits per heavy atom. The summed E-state index contributed by atoms with van der Waals surface area (Å²) in [6.45, 7) is 2.13. The van der Waals surface area contributed by atoms with Gasteiger partial charge in [-0.1, -0.05) is 0 Å². The van der Waals surface area contributed by atoms with Crippen molar-refractivity contribution in [2.75, 3.05) is 47.4 Å². The van der Waals surface area contributed by atoms with E-state index < -0.39 is 56.7 Å². The number of hydrogen-bond donors (Lipinski definition) is 8.